The van der Waals surface area contributed by atoms with E-state index in [2.05, 4.69) is 10.2 Å². The Morgan fingerprint density at radius 3 is 2.67 bits per heavy atom. The molecule has 0 fully saturated rings. The smallest absolute Gasteiger partial charge is 0.269 e. The molecule has 1 heterocycles. The van der Waals surface area contributed by atoms with E-state index in [1.54, 1.807) is 6.92 Å². The number of rotatable bonds is 8. The number of benzene rings is 1. The van der Waals surface area contributed by atoms with Gasteiger partial charge in [0.05, 0.1) is 19.2 Å². The lowest BCUT2D eigenvalue weighted by Crippen LogP contribution is -2.24. The van der Waals surface area contributed by atoms with E-state index in [9.17, 15) is 22.7 Å². The molecular formula is C15H16F4N2O3. The SMILES string of the molecule is Cc1nnc(C[C@H](O)c2cc(OC(F)C(F)CCF)ccc2F)o1. The fourth-order valence-electron chi connectivity index (χ4n) is 1.98. The minimum Gasteiger partial charge on any atom is -0.457 e. The zero-order chi connectivity index (χ0) is 17.7. The monoisotopic (exact) mass is 348 g/mol. The van der Waals surface area contributed by atoms with Crippen molar-refractivity contribution >= 4 is 0 Å². The Kier molecular flexibility index (Phi) is 6.13. The van der Waals surface area contributed by atoms with Gasteiger partial charge in [0.2, 0.25) is 11.8 Å². The highest BCUT2D eigenvalue weighted by Crippen LogP contribution is 2.26. The molecule has 24 heavy (non-hydrogen) atoms. The molecule has 0 radical (unpaired) electrons. The first-order valence-corrected chi connectivity index (χ1v) is 7.18. The van der Waals surface area contributed by atoms with Gasteiger partial charge in [0.25, 0.3) is 6.36 Å². The number of hydrogen-bond acceptors (Lipinski definition) is 5. The maximum absolute atomic E-state index is 13.8. The molecule has 0 spiro atoms. The van der Waals surface area contributed by atoms with E-state index in [4.69, 9.17) is 9.15 Å². The van der Waals surface area contributed by atoms with Crippen LogP contribution in [0.5, 0.6) is 5.75 Å². The highest BCUT2D eigenvalue weighted by molar-refractivity contribution is 5.31. The molecule has 2 rings (SSSR count). The summed E-state index contributed by atoms with van der Waals surface area (Å²) in [5.74, 6) is -0.569. The molecule has 5 nitrogen and oxygen atoms in total. The second kappa shape index (κ2) is 8.09. The lowest BCUT2D eigenvalue weighted by atomic mass is 10.1. The summed E-state index contributed by atoms with van der Waals surface area (Å²) in [6, 6.07) is 3.07. The highest BCUT2D eigenvalue weighted by Gasteiger charge is 2.23. The van der Waals surface area contributed by atoms with Crippen molar-refractivity contribution < 1.29 is 31.8 Å². The lowest BCUT2D eigenvalue weighted by molar-refractivity contribution is -0.0114. The van der Waals surface area contributed by atoms with E-state index >= 15 is 0 Å². The second-order valence-electron chi connectivity index (χ2n) is 5.08. The Bertz CT molecular complexity index is 668. The van der Waals surface area contributed by atoms with E-state index in [-0.39, 0.29) is 29.5 Å². The molecule has 132 valence electrons. The zero-order valence-corrected chi connectivity index (χ0v) is 12.8. The van der Waals surface area contributed by atoms with Crippen molar-refractivity contribution in [1.29, 1.82) is 0 Å². The maximum atomic E-state index is 13.8. The van der Waals surface area contributed by atoms with Crippen LogP contribution in [0.25, 0.3) is 0 Å². The van der Waals surface area contributed by atoms with Crippen LogP contribution in [0, 0.1) is 12.7 Å². The summed E-state index contributed by atoms with van der Waals surface area (Å²) in [4.78, 5) is 0. The molecule has 0 aliphatic heterocycles. The van der Waals surface area contributed by atoms with Crippen LogP contribution in [0.1, 0.15) is 29.9 Å². The molecule has 3 atom stereocenters. The van der Waals surface area contributed by atoms with Gasteiger partial charge in [-0.25, -0.2) is 8.78 Å². The van der Waals surface area contributed by atoms with Crippen LogP contribution >= 0.6 is 0 Å². The van der Waals surface area contributed by atoms with Gasteiger partial charge in [0.15, 0.2) is 6.17 Å². The summed E-state index contributed by atoms with van der Waals surface area (Å²) in [6.45, 7) is 0.534. The first-order chi connectivity index (χ1) is 11.4. The van der Waals surface area contributed by atoms with E-state index in [1.165, 1.54) is 0 Å². The maximum Gasteiger partial charge on any atom is 0.269 e. The van der Waals surface area contributed by atoms with Crippen LogP contribution in [-0.4, -0.2) is 34.5 Å². The average molecular weight is 348 g/mol. The minimum atomic E-state index is -2.39. The number of nitrogens with zero attached hydrogens (tertiary/aromatic N) is 2. The van der Waals surface area contributed by atoms with Gasteiger partial charge >= 0.3 is 0 Å². The number of hydrogen-bond donors (Lipinski definition) is 1. The van der Waals surface area contributed by atoms with Gasteiger partial charge in [-0.2, -0.15) is 4.39 Å². The number of alkyl halides is 3. The third kappa shape index (κ3) is 4.67. The van der Waals surface area contributed by atoms with Crippen LogP contribution in [-0.2, 0) is 6.42 Å². The molecule has 2 unspecified atom stereocenters. The third-order valence-electron chi connectivity index (χ3n) is 3.18. The average Bonchev–Trinajstić information content (AvgIpc) is 2.94. The predicted molar refractivity (Wildman–Crippen MR) is 75.1 cm³/mol. The standard InChI is InChI=1S/C15H16F4N2O3/c1-8-20-21-14(23-8)7-13(22)10-6-9(2-3-11(10)17)24-15(19)12(18)4-5-16/h2-3,6,12-13,15,22H,4-5,7H2,1H3/t12?,13-,15?/m0/s1. The topological polar surface area (TPSA) is 68.4 Å². The molecule has 0 amide bonds. The largest absolute Gasteiger partial charge is 0.457 e. The van der Waals surface area contributed by atoms with Gasteiger partial charge < -0.3 is 14.3 Å². The van der Waals surface area contributed by atoms with Gasteiger partial charge in [0.1, 0.15) is 11.6 Å². The molecule has 0 bridgehead atoms. The van der Waals surface area contributed by atoms with Crippen molar-refractivity contribution in [2.45, 2.75) is 38.4 Å². The van der Waals surface area contributed by atoms with Gasteiger partial charge in [-0.15, -0.1) is 10.2 Å². The predicted octanol–water partition coefficient (Wildman–Crippen LogP) is 3.17. The Balaban J connectivity index is 2.09. The van der Waals surface area contributed by atoms with Crippen LogP contribution in [0.2, 0.25) is 0 Å². The lowest BCUT2D eigenvalue weighted by Gasteiger charge is -2.16. The first-order valence-electron chi connectivity index (χ1n) is 7.18. The summed E-state index contributed by atoms with van der Waals surface area (Å²) in [5.41, 5.74) is -0.198. The van der Waals surface area contributed by atoms with Gasteiger partial charge in [0, 0.05) is 18.9 Å². The van der Waals surface area contributed by atoms with E-state index in [1.807, 2.05) is 0 Å². The highest BCUT2D eigenvalue weighted by atomic mass is 19.2. The van der Waals surface area contributed by atoms with Crippen molar-refractivity contribution in [1.82, 2.24) is 10.2 Å². The molecule has 0 saturated heterocycles. The van der Waals surface area contributed by atoms with Crippen LogP contribution in [0.15, 0.2) is 22.6 Å². The quantitative estimate of drug-likeness (QED) is 0.742. The first kappa shape index (κ1) is 18.2. The minimum absolute atomic E-state index is 0.0980. The van der Waals surface area contributed by atoms with Gasteiger partial charge in [-0.3, -0.25) is 4.39 Å². The van der Waals surface area contributed by atoms with E-state index in [0.717, 1.165) is 18.2 Å². The van der Waals surface area contributed by atoms with Crippen LogP contribution in [0.3, 0.4) is 0 Å². The second-order valence-corrected chi connectivity index (χ2v) is 5.08. The Labute approximate surface area is 135 Å². The number of halogens is 4. The van der Waals surface area contributed by atoms with E-state index < -0.39 is 37.5 Å². The number of aliphatic hydroxyl groups excluding tert-OH is 1. The molecule has 9 heteroatoms. The molecular weight excluding hydrogens is 332 g/mol. The van der Waals surface area contributed by atoms with Crippen molar-refractivity contribution in [2.75, 3.05) is 6.67 Å². The molecule has 1 N–H and O–H groups in total. The van der Waals surface area contributed by atoms with Crippen molar-refractivity contribution in [3.05, 3.63) is 41.4 Å². The molecule has 0 aliphatic rings. The Hall–Kier alpha value is -2.16. The molecule has 1 aromatic heterocycles. The Morgan fingerprint density at radius 1 is 1.29 bits per heavy atom. The summed E-state index contributed by atoms with van der Waals surface area (Å²) >= 11 is 0. The van der Waals surface area contributed by atoms with Crippen molar-refractivity contribution in [3.63, 3.8) is 0 Å². The summed E-state index contributed by atoms with van der Waals surface area (Å²) < 4.78 is 62.4. The fourth-order valence-corrected chi connectivity index (χ4v) is 1.98. The fraction of sp³-hybridized carbons (Fsp3) is 0.467. The number of aromatic nitrogens is 2. The van der Waals surface area contributed by atoms with Crippen molar-refractivity contribution in [3.8, 4) is 5.75 Å². The molecule has 1 aromatic carbocycles. The van der Waals surface area contributed by atoms with E-state index in [0.29, 0.717) is 0 Å². The zero-order valence-electron chi connectivity index (χ0n) is 12.8. The Morgan fingerprint density at radius 2 is 2.04 bits per heavy atom. The molecule has 0 saturated carbocycles. The normalized spacial score (nSPS) is 15.1. The summed E-state index contributed by atoms with van der Waals surface area (Å²) in [5, 5.41) is 17.3. The number of ether oxygens (including phenoxy) is 1. The number of aryl methyl sites for hydroxylation is 1. The summed E-state index contributed by atoms with van der Waals surface area (Å²) in [7, 11) is 0. The molecule has 0 aliphatic carbocycles. The van der Waals surface area contributed by atoms with Crippen molar-refractivity contribution in [2.24, 2.45) is 0 Å². The third-order valence-corrected chi connectivity index (χ3v) is 3.18. The summed E-state index contributed by atoms with van der Waals surface area (Å²) in [6.07, 6.45) is -6.69. The number of aliphatic hydroxyl groups is 1. The molecule has 2 aromatic rings. The van der Waals surface area contributed by atoms with Gasteiger partial charge in [-0.1, -0.05) is 0 Å². The van der Waals surface area contributed by atoms with Crippen LogP contribution in [0.4, 0.5) is 17.6 Å². The van der Waals surface area contributed by atoms with Gasteiger partial charge in [-0.05, 0) is 18.2 Å². The van der Waals surface area contributed by atoms with Crippen LogP contribution < -0.4 is 4.74 Å².